The van der Waals surface area contributed by atoms with Crippen molar-refractivity contribution in [1.82, 2.24) is 0 Å². The van der Waals surface area contributed by atoms with Gasteiger partial charge in [0.05, 0.1) is 0 Å². The Balaban J connectivity index is 4.12. The van der Waals surface area contributed by atoms with E-state index in [1.54, 1.807) is 0 Å². The highest BCUT2D eigenvalue weighted by Gasteiger charge is 1.98. The fraction of sp³-hybridized carbons (Fsp3) is 0.800. The molecule has 0 radical (unpaired) electrons. The Hall–Kier alpha value is -0.780. The van der Waals surface area contributed by atoms with Gasteiger partial charge in [0.25, 0.3) is 0 Å². The number of hydrogen-bond donors (Lipinski definition) is 0. The predicted molar refractivity (Wildman–Crippen MR) is 140 cm³/mol. The van der Waals surface area contributed by atoms with E-state index in [2.05, 4.69) is 57.2 Å². The molecule has 0 aliphatic carbocycles. The molecule has 0 fully saturated rings. The van der Waals surface area contributed by atoms with E-state index in [4.69, 9.17) is 0 Å². The van der Waals surface area contributed by atoms with E-state index in [1.807, 2.05) is 0 Å². The Bertz CT molecular complexity index is 387. The molecule has 1 unspecified atom stereocenters. The molecule has 1 atom stereocenters. The Morgan fingerprint density at radius 2 is 0.767 bits per heavy atom. The van der Waals surface area contributed by atoms with Crippen LogP contribution in [0.15, 0.2) is 36.5 Å². The Kier molecular flexibility index (Phi) is 25.6. The molecule has 0 aliphatic rings. The highest BCUT2D eigenvalue weighted by Crippen LogP contribution is 2.14. The molecule has 0 saturated carbocycles. The fourth-order valence-corrected chi connectivity index (χ4v) is 3.91. The van der Waals surface area contributed by atoms with Gasteiger partial charge in [-0.15, -0.1) is 0 Å². The van der Waals surface area contributed by atoms with Crippen LogP contribution in [0.1, 0.15) is 149 Å². The van der Waals surface area contributed by atoms with Crippen LogP contribution in [0.25, 0.3) is 0 Å². The maximum absolute atomic E-state index is 2.48. The van der Waals surface area contributed by atoms with Crippen LogP contribution < -0.4 is 0 Å². The third-order valence-electron chi connectivity index (χ3n) is 6.01. The molecule has 0 bridgehead atoms. The summed E-state index contributed by atoms with van der Waals surface area (Å²) >= 11 is 0. The quantitative estimate of drug-likeness (QED) is 0.115. The molecule has 0 spiro atoms. The molecule has 0 N–H and O–H groups in total. The van der Waals surface area contributed by atoms with Crippen LogP contribution in [-0.2, 0) is 0 Å². The summed E-state index contributed by atoms with van der Waals surface area (Å²) < 4.78 is 0. The van der Waals surface area contributed by atoms with Gasteiger partial charge in [0.15, 0.2) is 0 Å². The minimum absolute atomic E-state index is 0.595. The average Bonchev–Trinajstić information content (AvgIpc) is 2.76. The van der Waals surface area contributed by atoms with E-state index in [0.717, 1.165) is 0 Å². The number of hydrogen-bond acceptors (Lipinski definition) is 0. The lowest BCUT2D eigenvalue weighted by atomic mass is 10.0. The first-order valence-corrected chi connectivity index (χ1v) is 13.8. The van der Waals surface area contributed by atoms with Crippen molar-refractivity contribution in [2.75, 3.05) is 0 Å². The number of unbranched alkanes of at least 4 members (excludes halogenated alkanes) is 16. The van der Waals surface area contributed by atoms with Crippen LogP contribution in [0.5, 0.6) is 0 Å². The second kappa shape index (κ2) is 26.3. The van der Waals surface area contributed by atoms with Gasteiger partial charge in [-0.25, -0.2) is 0 Å². The maximum atomic E-state index is 2.48. The summed E-state index contributed by atoms with van der Waals surface area (Å²) in [6.07, 6.45) is 41.9. The van der Waals surface area contributed by atoms with Crippen molar-refractivity contribution in [3.63, 3.8) is 0 Å². The normalized spacial score (nSPS) is 13.3. The highest BCUT2D eigenvalue weighted by atomic mass is 14.0. The van der Waals surface area contributed by atoms with Crippen molar-refractivity contribution >= 4 is 0 Å². The monoisotopic (exact) mass is 416 g/mol. The van der Waals surface area contributed by atoms with Crippen LogP contribution in [0.4, 0.5) is 0 Å². The van der Waals surface area contributed by atoms with Crippen molar-refractivity contribution in [2.45, 2.75) is 149 Å². The zero-order valence-electron chi connectivity index (χ0n) is 21.2. The molecular weight excluding hydrogens is 360 g/mol. The lowest BCUT2D eigenvalue weighted by Gasteiger charge is -2.05. The highest BCUT2D eigenvalue weighted by molar-refractivity contribution is 5.04. The summed E-state index contributed by atoms with van der Waals surface area (Å²) in [4.78, 5) is 0. The van der Waals surface area contributed by atoms with Gasteiger partial charge < -0.3 is 0 Å². The number of rotatable bonds is 23. The van der Waals surface area contributed by atoms with Crippen molar-refractivity contribution in [3.05, 3.63) is 36.5 Å². The fourth-order valence-electron chi connectivity index (χ4n) is 3.91. The summed E-state index contributed by atoms with van der Waals surface area (Å²) in [7, 11) is 0. The van der Waals surface area contributed by atoms with Gasteiger partial charge in [0.1, 0.15) is 0 Å². The van der Waals surface area contributed by atoms with Crippen molar-refractivity contribution in [1.29, 1.82) is 0 Å². The smallest absolute Gasteiger partial charge is 0.00190 e. The third-order valence-corrected chi connectivity index (χ3v) is 6.01. The molecule has 0 aromatic rings. The lowest BCUT2D eigenvalue weighted by molar-refractivity contribution is 0.610. The second-order valence-electron chi connectivity index (χ2n) is 9.19. The van der Waals surface area contributed by atoms with E-state index >= 15 is 0 Å². The van der Waals surface area contributed by atoms with E-state index < -0.39 is 0 Å². The molecule has 0 heterocycles. The van der Waals surface area contributed by atoms with Crippen LogP contribution >= 0.6 is 0 Å². The van der Waals surface area contributed by atoms with Gasteiger partial charge in [-0.1, -0.05) is 141 Å². The molecule has 0 saturated heterocycles. The SMILES string of the molecule is CCCCCCC=CC(C=CCCCCCCCC)CC=CCCCCCCCC. The van der Waals surface area contributed by atoms with Gasteiger partial charge in [-0.2, -0.15) is 0 Å². The minimum Gasteiger partial charge on any atom is -0.0885 e. The summed E-state index contributed by atoms with van der Waals surface area (Å²) in [5.74, 6) is 0.595. The molecule has 0 heteroatoms. The molecule has 0 aromatic heterocycles. The van der Waals surface area contributed by atoms with Crippen LogP contribution in [0.3, 0.4) is 0 Å². The third kappa shape index (κ3) is 23.5. The van der Waals surface area contributed by atoms with Gasteiger partial charge in [0.2, 0.25) is 0 Å². The summed E-state index contributed by atoms with van der Waals surface area (Å²) in [6, 6.07) is 0. The first kappa shape index (κ1) is 29.2. The van der Waals surface area contributed by atoms with Crippen LogP contribution in [0.2, 0.25) is 0 Å². The Morgan fingerprint density at radius 1 is 0.400 bits per heavy atom. The zero-order valence-corrected chi connectivity index (χ0v) is 21.2. The maximum Gasteiger partial charge on any atom is -0.00190 e. The first-order valence-electron chi connectivity index (χ1n) is 13.8. The molecule has 0 amide bonds. The molecule has 0 aromatic carbocycles. The number of allylic oxidation sites excluding steroid dienone is 6. The van der Waals surface area contributed by atoms with Gasteiger partial charge in [-0.3, -0.25) is 0 Å². The summed E-state index contributed by atoms with van der Waals surface area (Å²) in [5, 5.41) is 0. The van der Waals surface area contributed by atoms with E-state index in [1.165, 1.54) is 128 Å². The minimum atomic E-state index is 0.595. The summed E-state index contributed by atoms with van der Waals surface area (Å²) in [5.41, 5.74) is 0. The molecule has 0 nitrogen and oxygen atoms in total. The topological polar surface area (TPSA) is 0 Å². The van der Waals surface area contributed by atoms with Crippen LogP contribution in [-0.4, -0.2) is 0 Å². The first-order chi connectivity index (χ1) is 14.8. The summed E-state index contributed by atoms with van der Waals surface area (Å²) in [6.45, 7) is 6.88. The molecule has 176 valence electrons. The lowest BCUT2D eigenvalue weighted by Crippen LogP contribution is -1.90. The van der Waals surface area contributed by atoms with Gasteiger partial charge in [0, 0.05) is 0 Å². The van der Waals surface area contributed by atoms with Crippen LogP contribution in [0, 0.1) is 5.92 Å². The van der Waals surface area contributed by atoms with E-state index in [0.29, 0.717) is 5.92 Å². The second-order valence-corrected chi connectivity index (χ2v) is 9.19. The molecule has 0 aliphatic heterocycles. The van der Waals surface area contributed by atoms with E-state index in [-0.39, 0.29) is 0 Å². The molecule has 30 heavy (non-hydrogen) atoms. The predicted octanol–water partition coefficient (Wildman–Crippen LogP) is 11.1. The Morgan fingerprint density at radius 3 is 1.23 bits per heavy atom. The van der Waals surface area contributed by atoms with E-state index in [9.17, 15) is 0 Å². The van der Waals surface area contributed by atoms with Crippen molar-refractivity contribution in [2.24, 2.45) is 5.92 Å². The van der Waals surface area contributed by atoms with Gasteiger partial charge in [-0.05, 0) is 50.9 Å². The molecular formula is C30H56. The standard InChI is InChI=1S/C30H56/c1-4-7-10-13-16-18-20-23-26-29-30(27-24-21-15-12-9-6-3)28-25-22-19-17-14-11-8-5-2/h23-28,30H,4-22,29H2,1-3H3. The van der Waals surface area contributed by atoms with Gasteiger partial charge >= 0.3 is 0 Å². The zero-order chi connectivity index (χ0) is 22.0. The largest absolute Gasteiger partial charge is 0.0885 e. The Labute approximate surface area is 191 Å². The van der Waals surface area contributed by atoms with Crippen molar-refractivity contribution in [3.8, 4) is 0 Å². The average molecular weight is 417 g/mol. The van der Waals surface area contributed by atoms with Crippen molar-refractivity contribution < 1.29 is 0 Å². The molecule has 0 rings (SSSR count).